The van der Waals surface area contributed by atoms with Gasteiger partial charge in [-0.15, -0.1) is 10.2 Å². The van der Waals surface area contributed by atoms with Gasteiger partial charge in [0.2, 0.25) is 0 Å². The number of fused-ring (bicyclic) bond motifs is 1. The Morgan fingerprint density at radius 3 is 2.52 bits per heavy atom. The van der Waals surface area contributed by atoms with Gasteiger partial charge in [0.05, 0.1) is 6.04 Å². The van der Waals surface area contributed by atoms with Crippen molar-refractivity contribution in [2.45, 2.75) is 95.7 Å². The molecule has 1 atom stereocenters. The zero-order valence-corrected chi connectivity index (χ0v) is 15.3. The molecule has 138 valence electrons. The van der Waals surface area contributed by atoms with Crippen molar-refractivity contribution < 1.29 is 4.79 Å². The van der Waals surface area contributed by atoms with E-state index in [1.165, 1.54) is 44.9 Å². The maximum atomic E-state index is 12.9. The Balaban J connectivity index is 1.47. The second kappa shape index (κ2) is 7.75. The van der Waals surface area contributed by atoms with Crippen LogP contribution in [-0.2, 0) is 13.0 Å². The summed E-state index contributed by atoms with van der Waals surface area (Å²) in [5.41, 5.74) is 0. The van der Waals surface area contributed by atoms with Gasteiger partial charge in [-0.05, 0) is 38.5 Å². The van der Waals surface area contributed by atoms with Crippen molar-refractivity contribution in [2.75, 3.05) is 6.54 Å². The zero-order valence-electron chi connectivity index (χ0n) is 15.3. The molecule has 1 saturated carbocycles. The molecule has 2 fully saturated rings. The van der Waals surface area contributed by atoms with Gasteiger partial charge in [-0.1, -0.05) is 32.1 Å². The molecule has 3 aliphatic rings. The minimum Gasteiger partial charge on any atom is -0.335 e. The molecule has 2 aliphatic heterocycles. The fraction of sp³-hybridized carbons (Fsp3) is 0.842. The molecule has 0 spiro atoms. The predicted molar refractivity (Wildman–Crippen MR) is 96.3 cm³/mol. The molecular weight excluding hydrogens is 314 g/mol. The van der Waals surface area contributed by atoms with E-state index in [1.807, 2.05) is 4.90 Å². The van der Waals surface area contributed by atoms with Gasteiger partial charge in [0.1, 0.15) is 5.82 Å². The number of aromatic nitrogens is 3. The molecule has 1 N–H and O–H groups in total. The lowest BCUT2D eigenvalue weighted by molar-refractivity contribution is 0.184. The van der Waals surface area contributed by atoms with Crippen molar-refractivity contribution in [1.82, 2.24) is 25.0 Å². The fourth-order valence-electron chi connectivity index (χ4n) is 4.71. The lowest BCUT2D eigenvalue weighted by atomic mass is 10.1. The highest BCUT2D eigenvalue weighted by atomic mass is 16.2. The second-order valence-corrected chi connectivity index (χ2v) is 7.93. The minimum absolute atomic E-state index is 0.102. The summed E-state index contributed by atoms with van der Waals surface area (Å²) in [5.74, 6) is 2.13. The van der Waals surface area contributed by atoms with Crippen LogP contribution in [0.1, 0.15) is 88.3 Å². The molecule has 1 saturated heterocycles. The van der Waals surface area contributed by atoms with Gasteiger partial charge >= 0.3 is 6.03 Å². The van der Waals surface area contributed by atoms with E-state index in [0.29, 0.717) is 6.04 Å². The minimum atomic E-state index is 0.102. The van der Waals surface area contributed by atoms with Gasteiger partial charge in [-0.3, -0.25) is 0 Å². The van der Waals surface area contributed by atoms with Gasteiger partial charge in [0.25, 0.3) is 0 Å². The summed E-state index contributed by atoms with van der Waals surface area (Å²) in [6, 6.07) is 0.567. The van der Waals surface area contributed by atoms with Gasteiger partial charge in [-0.2, -0.15) is 0 Å². The van der Waals surface area contributed by atoms with Crippen molar-refractivity contribution >= 4 is 6.03 Å². The Hall–Kier alpha value is -1.59. The third kappa shape index (κ3) is 3.67. The van der Waals surface area contributed by atoms with Crippen molar-refractivity contribution in [3.05, 3.63) is 11.6 Å². The molecule has 0 aromatic carbocycles. The number of carbonyl (C=O) groups is 1. The molecule has 4 rings (SSSR count). The van der Waals surface area contributed by atoms with Crippen LogP contribution >= 0.6 is 0 Å². The summed E-state index contributed by atoms with van der Waals surface area (Å²) in [4.78, 5) is 14.9. The first-order valence-electron chi connectivity index (χ1n) is 10.3. The van der Waals surface area contributed by atoms with E-state index in [2.05, 4.69) is 20.1 Å². The Kier molecular flexibility index (Phi) is 5.22. The topological polar surface area (TPSA) is 63.1 Å². The number of nitrogens with one attached hydrogen (secondary N) is 1. The van der Waals surface area contributed by atoms with Crippen LogP contribution in [0, 0.1) is 0 Å². The molecule has 1 aliphatic carbocycles. The number of hydrogen-bond acceptors (Lipinski definition) is 3. The molecule has 0 unspecified atom stereocenters. The van der Waals surface area contributed by atoms with Crippen LogP contribution in [0.15, 0.2) is 0 Å². The first-order chi connectivity index (χ1) is 12.3. The summed E-state index contributed by atoms with van der Waals surface area (Å²) in [7, 11) is 0. The largest absolute Gasteiger partial charge is 0.335 e. The Morgan fingerprint density at radius 1 is 0.880 bits per heavy atom. The Morgan fingerprint density at radius 2 is 1.68 bits per heavy atom. The van der Waals surface area contributed by atoms with E-state index in [4.69, 9.17) is 0 Å². The van der Waals surface area contributed by atoms with Gasteiger partial charge in [-0.25, -0.2) is 4.79 Å². The summed E-state index contributed by atoms with van der Waals surface area (Å²) >= 11 is 0. The number of likely N-dealkylation sites (tertiary alicyclic amines) is 1. The lowest BCUT2D eigenvalue weighted by Gasteiger charge is -2.27. The van der Waals surface area contributed by atoms with E-state index in [-0.39, 0.29) is 12.1 Å². The molecule has 3 heterocycles. The van der Waals surface area contributed by atoms with Crippen molar-refractivity contribution in [2.24, 2.45) is 0 Å². The highest BCUT2D eigenvalue weighted by Gasteiger charge is 2.35. The molecule has 1 aromatic heterocycles. The number of nitrogens with zero attached hydrogens (tertiary/aromatic N) is 4. The number of hydrogen-bond donors (Lipinski definition) is 1. The predicted octanol–water partition coefficient (Wildman–Crippen LogP) is 3.57. The zero-order chi connectivity index (χ0) is 17.1. The average Bonchev–Trinajstić information content (AvgIpc) is 3.07. The SMILES string of the molecule is O=C(NC1CCCCCC1)N1CCC[C@@H]1c1nnc2n1CCCCC2. The molecular formula is C19H31N5O. The van der Waals surface area contributed by atoms with Gasteiger partial charge in [0, 0.05) is 25.6 Å². The number of aryl methyl sites for hydroxylation is 1. The molecule has 0 bridgehead atoms. The van der Waals surface area contributed by atoms with Crippen molar-refractivity contribution in [3.63, 3.8) is 0 Å². The quantitative estimate of drug-likeness (QED) is 0.834. The van der Waals surface area contributed by atoms with Gasteiger partial charge in [0.15, 0.2) is 5.82 Å². The number of urea groups is 1. The van der Waals surface area contributed by atoms with Crippen molar-refractivity contribution in [3.8, 4) is 0 Å². The molecule has 6 heteroatoms. The normalized spacial score (nSPS) is 25.3. The Bertz CT molecular complexity index is 591. The third-order valence-electron chi connectivity index (χ3n) is 6.13. The molecule has 0 radical (unpaired) electrons. The summed E-state index contributed by atoms with van der Waals surface area (Å²) in [5, 5.41) is 12.3. The maximum absolute atomic E-state index is 12.9. The lowest BCUT2D eigenvalue weighted by Crippen LogP contribution is -2.44. The highest BCUT2D eigenvalue weighted by molar-refractivity contribution is 5.75. The van der Waals surface area contributed by atoms with Crippen LogP contribution in [0.2, 0.25) is 0 Å². The highest BCUT2D eigenvalue weighted by Crippen LogP contribution is 2.32. The summed E-state index contributed by atoms with van der Waals surface area (Å²) in [6.07, 6.45) is 14.1. The molecule has 2 amide bonds. The fourth-order valence-corrected chi connectivity index (χ4v) is 4.71. The molecule has 25 heavy (non-hydrogen) atoms. The smallest absolute Gasteiger partial charge is 0.318 e. The maximum Gasteiger partial charge on any atom is 0.318 e. The number of amides is 2. The molecule has 1 aromatic rings. The van der Waals surface area contributed by atoms with Crippen LogP contribution in [-0.4, -0.2) is 38.3 Å². The third-order valence-corrected chi connectivity index (χ3v) is 6.13. The number of carbonyl (C=O) groups excluding carboxylic acids is 1. The standard InChI is InChI=1S/C19H31N5O/c25-19(20-15-9-4-1-2-5-10-15)23-14-8-11-16(23)18-22-21-17-12-6-3-7-13-24(17)18/h15-16H,1-14H2,(H,20,25)/t16-/m1/s1. The molecule has 6 nitrogen and oxygen atoms in total. The monoisotopic (exact) mass is 345 g/mol. The van der Waals surface area contributed by atoms with E-state index in [0.717, 1.165) is 56.8 Å². The van der Waals surface area contributed by atoms with Crippen LogP contribution in [0.5, 0.6) is 0 Å². The van der Waals surface area contributed by atoms with E-state index >= 15 is 0 Å². The Labute approximate surface area is 150 Å². The average molecular weight is 345 g/mol. The van der Waals surface area contributed by atoms with E-state index < -0.39 is 0 Å². The van der Waals surface area contributed by atoms with E-state index in [1.54, 1.807) is 0 Å². The first kappa shape index (κ1) is 16.9. The summed E-state index contributed by atoms with van der Waals surface area (Å²) < 4.78 is 2.30. The number of rotatable bonds is 2. The second-order valence-electron chi connectivity index (χ2n) is 7.93. The van der Waals surface area contributed by atoms with Crippen LogP contribution < -0.4 is 5.32 Å². The van der Waals surface area contributed by atoms with Gasteiger partial charge < -0.3 is 14.8 Å². The van der Waals surface area contributed by atoms with Crippen LogP contribution in [0.25, 0.3) is 0 Å². The van der Waals surface area contributed by atoms with Crippen molar-refractivity contribution in [1.29, 1.82) is 0 Å². The van der Waals surface area contributed by atoms with E-state index in [9.17, 15) is 4.79 Å². The first-order valence-corrected chi connectivity index (χ1v) is 10.3. The van der Waals surface area contributed by atoms with Crippen LogP contribution in [0.3, 0.4) is 0 Å². The van der Waals surface area contributed by atoms with Crippen LogP contribution in [0.4, 0.5) is 4.79 Å². The summed E-state index contributed by atoms with van der Waals surface area (Å²) in [6.45, 7) is 1.84.